The maximum Gasteiger partial charge on any atom is 0.138 e. The van der Waals surface area contributed by atoms with Gasteiger partial charge in [0, 0.05) is 10.9 Å². The fourth-order valence-corrected chi connectivity index (χ4v) is 3.09. The van der Waals surface area contributed by atoms with Crippen LogP contribution in [0.5, 0.6) is 0 Å². The Morgan fingerprint density at radius 1 is 1.53 bits per heavy atom. The minimum atomic E-state index is -0.563. The first-order valence-corrected chi connectivity index (χ1v) is 6.80. The second-order valence-corrected chi connectivity index (χ2v) is 5.66. The number of aliphatic hydroxyl groups is 1. The van der Waals surface area contributed by atoms with Crippen LogP contribution < -0.4 is 0 Å². The molecule has 4 heteroatoms. The summed E-state index contributed by atoms with van der Waals surface area (Å²) in [6.07, 6.45) is 4.06. The van der Waals surface area contributed by atoms with E-state index in [2.05, 4.69) is 15.9 Å². The summed E-state index contributed by atoms with van der Waals surface area (Å²) in [6.45, 7) is 0. The van der Waals surface area contributed by atoms with Crippen molar-refractivity contribution in [1.82, 2.24) is 0 Å². The largest absolute Gasteiger partial charge is 0.390 e. The molecule has 0 unspecified atom stereocenters. The summed E-state index contributed by atoms with van der Waals surface area (Å²) in [7, 11) is 0. The topological polar surface area (TPSA) is 20.2 Å². The van der Waals surface area contributed by atoms with Gasteiger partial charge in [-0.25, -0.2) is 4.39 Å². The van der Waals surface area contributed by atoms with Gasteiger partial charge in [-0.1, -0.05) is 0 Å². The molecule has 0 aliphatic heterocycles. The lowest BCUT2D eigenvalue weighted by Crippen LogP contribution is -2.10. The van der Waals surface area contributed by atoms with Gasteiger partial charge in [-0.2, -0.15) is 0 Å². The van der Waals surface area contributed by atoms with Crippen LogP contribution in [0.25, 0.3) is 0 Å². The zero-order valence-electron chi connectivity index (χ0n) is 8.39. The Balaban J connectivity index is 2.26. The van der Waals surface area contributed by atoms with Crippen molar-refractivity contribution >= 4 is 27.7 Å². The molecule has 0 aromatic heterocycles. The standard InChI is InChI=1S/C11H12BrFOS/c1-15-10-8(12)4-7(5-9(10)13)6-11(14)2-3-11/h4-5,14H,2-3,6H2,1H3. The van der Waals surface area contributed by atoms with Crippen molar-refractivity contribution in [2.24, 2.45) is 0 Å². The molecule has 1 nitrogen and oxygen atoms in total. The Kier molecular flexibility index (Phi) is 3.10. The highest BCUT2D eigenvalue weighted by Gasteiger charge is 2.40. The highest BCUT2D eigenvalue weighted by Crippen LogP contribution is 2.39. The molecule has 1 aromatic carbocycles. The van der Waals surface area contributed by atoms with Crippen LogP contribution >= 0.6 is 27.7 Å². The van der Waals surface area contributed by atoms with Gasteiger partial charge in [0.2, 0.25) is 0 Å². The Labute approximate surface area is 101 Å². The van der Waals surface area contributed by atoms with E-state index in [4.69, 9.17) is 0 Å². The van der Waals surface area contributed by atoms with Gasteiger partial charge in [-0.3, -0.25) is 0 Å². The van der Waals surface area contributed by atoms with E-state index >= 15 is 0 Å². The number of halogens is 2. The van der Waals surface area contributed by atoms with E-state index in [1.807, 2.05) is 12.3 Å². The minimum absolute atomic E-state index is 0.212. The van der Waals surface area contributed by atoms with Crippen LogP contribution in [0.3, 0.4) is 0 Å². The van der Waals surface area contributed by atoms with Crippen molar-refractivity contribution in [3.63, 3.8) is 0 Å². The lowest BCUT2D eigenvalue weighted by molar-refractivity contribution is 0.151. The van der Waals surface area contributed by atoms with Crippen LogP contribution in [0.4, 0.5) is 4.39 Å². The normalized spacial score (nSPS) is 17.9. The van der Waals surface area contributed by atoms with Crippen LogP contribution in [-0.4, -0.2) is 17.0 Å². The molecule has 0 heterocycles. The first kappa shape index (κ1) is 11.4. The Morgan fingerprint density at radius 2 is 2.20 bits per heavy atom. The Morgan fingerprint density at radius 3 is 2.67 bits per heavy atom. The third-order valence-corrected chi connectivity index (χ3v) is 4.33. The molecule has 0 radical (unpaired) electrons. The van der Waals surface area contributed by atoms with Gasteiger partial charge in [0.25, 0.3) is 0 Å². The maximum atomic E-state index is 13.6. The SMILES string of the molecule is CSc1c(F)cc(CC2(O)CC2)cc1Br. The van der Waals surface area contributed by atoms with Crippen LogP contribution in [0, 0.1) is 5.82 Å². The number of hydrogen-bond donors (Lipinski definition) is 1. The third kappa shape index (κ3) is 2.55. The average Bonchev–Trinajstić information content (AvgIpc) is 2.82. The second kappa shape index (κ2) is 4.07. The van der Waals surface area contributed by atoms with E-state index in [9.17, 15) is 9.50 Å². The molecule has 1 aliphatic carbocycles. The maximum absolute atomic E-state index is 13.6. The molecule has 2 rings (SSSR count). The molecule has 15 heavy (non-hydrogen) atoms. The highest BCUT2D eigenvalue weighted by molar-refractivity contribution is 9.10. The highest BCUT2D eigenvalue weighted by atomic mass is 79.9. The predicted molar refractivity (Wildman–Crippen MR) is 63.8 cm³/mol. The molecule has 0 atom stereocenters. The van der Waals surface area contributed by atoms with E-state index in [0.29, 0.717) is 11.3 Å². The molecular formula is C11H12BrFOS. The first-order valence-electron chi connectivity index (χ1n) is 4.78. The zero-order valence-corrected chi connectivity index (χ0v) is 10.8. The summed E-state index contributed by atoms with van der Waals surface area (Å²) in [6, 6.07) is 3.41. The van der Waals surface area contributed by atoms with Crippen LogP contribution in [-0.2, 0) is 6.42 Å². The minimum Gasteiger partial charge on any atom is -0.390 e. The molecule has 1 aromatic rings. The van der Waals surface area contributed by atoms with Crippen LogP contribution in [0.15, 0.2) is 21.5 Å². The van der Waals surface area contributed by atoms with Crippen molar-refractivity contribution < 1.29 is 9.50 Å². The van der Waals surface area contributed by atoms with E-state index < -0.39 is 5.60 Å². The van der Waals surface area contributed by atoms with Crippen LogP contribution in [0.1, 0.15) is 18.4 Å². The van der Waals surface area contributed by atoms with Gasteiger partial charge < -0.3 is 5.11 Å². The molecule has 0 bridgehead atoms. The van der Waals surface area contributed by atoms with E-state index in [1.54, 1.807) is 0 Å². The monoisotopic (exact) mass is 290 g/mol. The van der Waals surface area contributed by atoms with Crippen molar-refractivity contribution in [1.29, 1.82) is 0 Å². The quantitative estimate of drug-likeness (QED) is 0.862. The zero-order chi connectivity index (χ0) is 11.1. The molecular weight excluding hydrogens is 279 g/mol. The van der Waals surface area contributed by atoms with E-state index in [0.717, 1.165) is 22.9 Å². The van der Waals surface area contributed by atoms with Gasteiger partial charge in [-0.15, -0.1) is 11.8 Å². The summed E-state index contributed by atoms with van der Waals surface area (Å²) in [4.78, 5) is 0.626. The number of rotatable bonds is 3. The molecule has 82 valence electrons. The predicted octanol–water partition coefficient (Wildman–Crippen LogP) is 3.38. The lowest BCUT2D eigenvalue weighted by atomic mass is 10.1. The lowest BCUT2D eigenvalue weighted by Gasteiger charge is -2.10. The fourth-order valence-electron chi connectivity index (χ4n) is 1.61. The van der Waals surface area contributed by atoms with Gasteiger partial charge >= 0.3 is 0 Å². The summed E-state index contributed by atoms with van der Waals surface area (Å²) in [5, 5.41) is 9.75. The van der Waals surface area contributed by atoms with Crippen molar-refractivity contribution in [3.8, 4) is 0 Å². The Hall–Kier alpha value is -0.0600. The average molecular weight is 291 g/mol. The van der Waals surface area contributed by atoms with Gasteiger partial charge in [-0.05, 0) is 52.7 Å². The van der Waals surface area contributed by atoms with Crippen LogP contribution in [0.2, 0.25) is 0 Å². The third-order valence-electron chi connectivity index (χ3n) is 2.62. The molecule has 1 N–H and O–H groups in total. The molecule has 1 aliphatic rings. The summed E-state index contributed by atoms with van der Waals surface area (Å²) < 4.78 is 14.3. The summed E-state index contributed by atoms with van der Waals surface area (Å²) in [5.74, 6) is -0.212. The van der Waals surface area contributed by atoms with Crippen molar-refractivity contribution in [2.45, 2.75) is 29.8 Å². The smallest absolute Gasteiger partial charge is 0.138 e. The molecule has 1 fully saturated rings. The molecule has 0 amide bonds. The number of benzene rings is 1. The second-order valence-electron chi connectivity index (χ2n) is 3.99. The summed E-state index contributed by atoms with van der Waals surface area (Å²) in [5.41, 5.74) is 0.296. The Bertz CT molecular complexity index is 367. The fraction of sp³-hybridized carbons (Fsp3) is 0.455. The van der Waals surface area contributed by atoms with E-state index in [-0.39, 0.29) is 5.82 Å². The molecule has 0 saturated heterocycles. The molecule has 0 spiro atoms. The first-order chi connectivity index (χ1) is 7.04. The molecule has 1 saturated carbocycles. The number of hydrogen-bond acceptors (Lipinski definition) is 2. The van der Waals surface area contributed by atoms with Gasteiger partial charge in [0.1, 0.15) is 5.82 Å². The van der Waals surface area contributed by atoms with Gasteiger partial charge in [0.15, 0.2) is 0 Å². The van der Waals surface area contributed by atoms with Crippen molar-refractivity contribution in [3.05, 3.63) is 28.0 Å². The summed E-state index contributed by atoms with van der Waals surface area (Å²) >= 11 is 4.72. The number of thioether (sulfide) groups is 1. The van der Waals surface area contributed by atoms with E-state index in [1.165, 1.54) is 17.8 Å². The van der Waals surface area contributed by atoms with Gasteiger partial charge in [0.05, 0.1) is 10.5 Å². The van der Waals surface area contributed by atoms with Crippen molar-refractivity contribution in [2.75, 3.05) is 6.26 Å².